The Morgan fingerprint density at radius 3 is 2.81 bits per heavy atom. The number of rotatable bonds is 0. The van der Waals surface area contributed by atoms with Crippen molar-refractivity contribution in [3.63, 3.8) is 0 Å². The van der Waals surface area contributed by atoms with Crippen LogP contribution < -0.4 is 5.46 Å². The lowest BCUT2D eigenvalue weighted by Gasteiger charge is -2.36. The first kappa shape index (κ1) is 10.4. The van der Waals surface area contributed by atoms with E-state index < -0.39 is 0 Å². The lowest BCUT2D eigenvalue weighted by Crippen LogP contribution is -2.30. The summed E-state index contributed by atoms with van der Waals surface area (Å²) in [6.07, 6.45) is 5.05. The maximum Gasteiger partial charge on any atom is 0.139 e. The second kappa shape index (κ2) is 3.63. The van der Waals surface area contributed by atoms with Crippen molar-refractivity contribution in [1.29, 1.82) is 0 Å². The van der Waals surface area contributed by atoms with Crippen molar-refractivity contribution in [3.05, 3.63) is 29.3 Å². The van der Waals surface area contributed by atoms with E-state index in [0.717, 1.165) is 12.5 Å². The standard InChI is InChI=1S/C14H19BO/c1-10-4-6-14(7-5-10)13-3-2-12(15)8-11(13)9-16-14/h2-3,8,10H,4-7,9,15H2,1H3. The van der Waals surface area contributed by atoms with Crippen LogP contribution in [0.1, 0.15) is 43.7 Å². The molecule has 2 aliphatic rings. The molecule has 1 spiro atoms. The van der Waals surface area contributed by atoms with Gasteiger partial charge in [0.1, 0.15) is 7.85 Å². The third-order valence-corrected chi connectivity index (χ3v) is 4.34. The minimum Gasteiger partial charge on any atom is -0.366 e. The molecule has 0 amide bonds. The average Bonchev–Trinajstić information content (AvgIpc) is 2.62. The fourth-order valence-electron chi connectivity index (χ4n) is 3.22. The Kier molecular flexibility index (Phi) is 2.36. The Labute approximate surface area is 98.6 Å². The molecule has 2 heteroatoms. The minimum absolute atomic E-state index is 0.0789. The van der Waals surface area contributed by atoms with E-state index >= 15 is 0 Å². The maximum atomic E-state index is 6.16. The highest BCUT2D eigenvalue weighted by molar-refractivity contribution is 6.32. The Morgan fingerprint density at radius 1 is 1.31 bits per heavy atom. The van der Waals surface area contributed by atoms with Crippen LogP contribution in [0.25, 0.3) is 0 Å². The van der Waals surface area contributed by atoms with Gasteiger partial charge in [0.15, 0.2) is 0 Å². The first-order chi connectivity index (χ1) is 7.70. The zero-order valence-electron chi connectivity index (χ0n) is 10.3. The summed E-state index contributed by atoms with van der Waals surface area (Å²) in [4.78, 5) is 0. The van der Waals surface area contributed by atoms with E-state index in [1.54, 1.807) is 0 Å². The second-order valence-corrected chi connectivity index (χ2v) is 5.63. The highest BCUT2D eigenvalue weighted by Gasteiger charge is 2.41. The summed E-state index contributed by atoms with van der Waals surface area (Å²) in [5.41, 5.74) is 4.33. The maximum absolute atomic E-state index is 6.16. The molecule has 1 saturated carbocycles. The van der Waals surface area contributed by atoms with Crippen LogP contribution in [-0.2, 0) is 16.9 Å². The molecular weight excluding hydrogens is 195 g/mol. The van der Waals surface area contributed by atoms with E-state index in [1.807, 2.05) is 0 Å². The second-order valence-electron chi connectivity index (χ2n) is 5.63. The zero-order chi connectivity index (χ0) is 11.2. The van der Waals surface area contributed by atoms with Crippen LogP contribution in [0.3, 0.4) is 0 Å². The molecule has 1 fully saturated rings. The molecule has 0 aromatic heterocycles. The molecule has 0 saturated heterocycles. The Balaban J connectivity index is 1.96. The largest absolute Gasteiger partial charge is 0.366 e. The van der Waals surface area contributed by atoms with Gasteiger partial charge >= 0.3 is 0 Å². The Hall–Kier alpha value is -0.755. The van der Waals surface area contributed by atoms with E-state index in [4.69, 9.17) is 4.74 Å². The van der Waals surface area contributed by atoms with Crippen LogP contribution in [0.2, 0.25) is 0 Å². The van der Waals surface area contributed by atoms with E-state index in [0.29, 0.717) is 0 Å². The predicted molar refractivity (Wildman–Crippen MR) is 68.7 cm³/mol. The minimum atomic E-state index is 0.0789. The number of hydrogen-bond acceptors (Lipinski definition) is 1. The molecule has 1 aliphatic carbocycles. The number of benzene rings is 1. The molecule has 1 nitrogen and oxygen atoms in total. The monoisotopic (exact) mass is 214 g/mol. The summed E-state index contributed by atoms with van der Waals surface area (Å²) >= 11 is 0. The molecule has 16 heavy (non-hydrogen) atoms. The summed E-state index contributed by atoms with van der Waals surface area (Å²) < 4.78 is 6.16. The summed E-state index contributed by atoms with van der Waals surface area (Å²) in [5, 5.41) is 0. The number of hydrogen-bond donors (Lipinski definition) is 0. The van der Waals surface area contributed by atoms with Gasteiger partial charge in [-0.25, -0.2) is 0 Å². The van der Waals surface area contributed by atoms with Crippen molar-refractivity contribution in [3.8, 4) is 0 Å². The zero-order valence-corrected chi connectivity index (χ0v) is 10.3. The lowest BCUT2D eigenvalue weighted by atomic mass is 9.75. The molecule has 3 rings (SSSR count). The highest BCUT2D eigenvalue weighted by Crippen LogP contribution is 2.47. The lowest BCUT2D eigenvalue weighted by molar-refractivity contribution is -0.0710. The normalized spacial score (nSPS) is 32.9. The SMILES string of the molecule is Bc1ccc2c(c1)COC21CCC(C)CC1. The van der Waals surface area contributed by atoms with E-state index in [-0.39, 0.29) is 5.60 Å². The molecule has 1 aromatic carbocycles. The van der Waals surface area contributed by atoms with Gasteiger partial charge in [-0.3, -0.25) is 0 Å². The molecule has 1 aliphatic heterocycles. The molecule has 0 atom stereocenters. The highest BCUT2D eigenvalue weighted by atomic mass is 16.5. The quantitative estimate of drug-likeness (QED) is 0.599. The van der Waals surface area contributed by atoms with Crippen LogP contribution in [0.15, 0.2) is 18.2 Å². The van der Waals surface area contributed by atoms with Crippen LogP contribution in [0, 0.1) is 5.92 Å². The van der Waals surface area contributed by atoms with Gasteiger partial charge in [-0.15, -0.1) is 0 Å². The molecule has 1 aromatic rings. The molecule has 84 valence electrons. The van der Waals surface area contributed by atoms with E-state index in [9.17, 15) is 0 Å². The van der Waals surface area contributed by atoms with Gasteiger partial charge in [-0.2, -0.15) is 0 Å². The van der Waals surface area contributed by atoms with Crippen molar-refractivity contribution in [2.24, 2.45) is 5.92 Å². The smallest absolute Gasteiger partial charge is 0.139 e. The van der Waals surface area contributed by atoms with Crippen LogP contribution in [0.5, 0.6) is 0 Å². The van der Waals surface area contributed by atoms with Gasteiger partial charge in [0, 0.05) is 0 Å². The van der Waals surface area contributed by atoms with Crippen molar-refractivity contribution < 1.29 is 4.74 Å². The first-order valence-corrected chi connectivity index (χ1v) is 6.44. The van der Waals surface area contributed by atoms with E-state index in [2.05, 4.69) is 33.0 Å². The molecule has 1 heterocycles. The van der Waals surface area contributed by atoms with Crippen molar-refractivity contribution in [2.45, 2.75) is 44.8 Å². The summed E-state index contributed by atoms with van der Waals surface area (Å²) in [7, 11) is 2.16. The van der Waals surface area contributed by atoms with Crippen LogP contribution in [0.4, 0.5) is 0 Å². The Morgan fingerprint density at radius 2 is 2.06 bits per heavy atom. The number of ether oxygens (including phenoxy) is 1. The number of fused-ring (bicyclic) bond motifs is 2. The average molecular weight is 214 g/mol. The summed E-state index contributed by atoms with van der Waals surface area (Å²) in [6.45, 7) is 3.18. The molecule has 0 bridgehead atoms. The van der Waals surface area contributed by atoms with Crippen LogP contribution in [-0.4, -0.2) is 7.85 Å². The first-order valence-electron chi connectivity index (χ1n) is 6.44. The topological polar surface area (TPSA) is 9.23 Å². The molecular formula is C14H19BO. The van der Waals surface area contributed by atoms with Crippen molar-refractivity contribution >= 4 is 13.3 Å². The fraction of sp³-hybridized carbons (Fsp3) is 0.571. The third-order valence-electron chi connectivity index (χ3n) is 4.34. The van der Waals surface area contributed by atoms with Crippen molar-refractivity contribution in [1.82, 2.24) is 0 Å². The summed E-state index contributed by atoms with van der Waals surface area (Å²) in [5.74, 6) is 0.878. The van der Waals surface area contributed by atoms with Gasteiger partial charge in [-0.1, -0.05) is 30.6 Å². The van der Waals surface area contributed by atoms with Crippen LogP contribution >= 0.6 is 0 Å². The predicted octanol–water partition coefficient (Wildman–Crippen LogP) is 1.88. The van der Waals surface area contributed by atoms with Gasteiger partial charge in [0.25, 0.3) is 0 Å². The van der Waals surface area contributed by atoms with E-state index in [1.165, 1.54) is 42.3 Å². The van der Waals surface area contributed by atoms with Gasteiger partial charge in [0.2, 0.25) is 0 Å². The fourth-order valence-corrected chi connectivity index (χ4v) is 3.22. The molecule has 0 radical (unpaired) electrons. The van der Waals surface area contributed by atoms with Gasteiger partial charge < -0.3 is 4.74 Å². The van der Waals surface area contributed by atoms with Gasteiger partial charge in [0.05, 0.1) is 12.2 Å². The van der Waals surface area contributed by atoms with Gasteiger partial charge in [-0.05, 0) is 42.7 Å². The third kappa shape index (κ3) is 1.51. The Bertz CT molecular complexity index is 405. The summed E-state index contributed by atoms with van der Waals surface area (Å²) in [6, 6.07) is 6.82. The molecule has 0 unspecified atom stereocenters. The molecule has 0 N–H and O–H groups in total. The van der Waals surface area contributed by atoms with Crippen molar-refractivity contribution in [2.75, 3.05) is 0 Å².